The lowest BCUT2D eigenvalue weighted by Gasteiger charge is -2.21. The zero-order valence-electron chi connectivity index (χ0n) is 13.0. The molecule has 0 spiro atoms. The van der Waals surface area contributed by atoms with E-state index in [1.165, 1.54) is 51.4 Å². The SMILES string of the molecule is CCCCC(CC)CC(=O)COCC1CCCCC1. The van der Waals surface area contributed by atoms with Crippen LogP contribution in [0.15, 0.2) is 0 Å². The van der Waals surface area contributed by atoms with Crippen LogP contribution in [0.3, 0.4) is 0 Å². The zero-order valence-corrected chi connectivity index (χ0v) is 13.0. The van der Waals surface area contributed by atoms with Gasteiger partial charge in [0.25, 0.3) is 0 Å². The molecule has 0 aromatic carbocycles. The van der Waals surface area contributed by atoms with Crippen LogP contribution in [0.25, 0.3) is 0 Å². The number of carbonyl (C=O) groups is 1. The third kappa shape index (κ3) is 7.71. The molecule has 2 nitrogen and oxygen atoms in total. The summed E-state index contributed by atoms with van der Waals surface area (Å²) in [6, 6.07) is 0. The van der Waals surface area contributed by atoms with Gasteiger partial charge in [-0.1, -0.05) is 58.8 Å². The van der Waals surface area contributed by atoms with E-state index in [1.807, 2.05) is 0 Å². The van der Waals surface area contributed by atoms with Gasteiger partial charge in [0, 0.05) is 13.0 Å². The van der Waals surface area contributed by atoms with E-state index in [-0.39, 0.29) is 0 Å². The highest BCUT2D eigenvalue weighted by atomic mass is 16.5. The Morgan fingerprint density at radius 2 is 1.95 bits per heavy atom. The van der Waals surface area contributed by atoms with Crippen molar-refractivity contribution in [3.63, 3.8) is 0 Å². The first kappa shape index (κ1) is 16.7. The van der Waals surface area contributed by atoms with Crippen molar-refractivity contribution in [3.8, 4) is 0 Å². The van der Waals surface area contributed by atoms with Crippen LogP contribution in [-0.2, 0) is 9.53 Å². The summed E-state index contributed by atoms with van der Waals surface area (Å²) in [5.74, 6) is 1.59. The van der Waals surface area contributed by atoms with Crippen molar-refractivity contribution in [2.24, 2.45) is 11.8 Å². The molecule has 2 heteroatoms. The fourth-order valence-corrected chi connectivity index (χ4v) is 3.02. The highest BCUT2D eigenvalue weighted by molar-refractivity contribution is 5.79. The number of ketones is 1. The number of carbonyl (C=O) groups excluding carboxylic acids is 1. The number of unbranched alkanes of at least 4 members (excludes halogenated alkanes) is 1. The van der Waals surface area contributed by atoms with Crippen LogP contribution < -0.4 is 0 Å². The fraction of sp³-hybridized carbons (Fsp3) is 0.941. The van der Waals surface area contributed by atoms with Crippen molar-refractivity contribution < 1.29 is 9.53 Å². The van der Waals surface area contributed by atoms with Crippen LogP contribution in [0.4, 0.5) is 0 Å². The van der Waals surface area contributed by atoms with E-state index in [2.05, 4.69) is 13.8 Å². The van der Waals surface area contributed by atoms with Crippen molar-refractivity contribution in [2.75, 3.05) is 13.2 Å². The number of rotatable bonds is 10. The molecule has 112 valence electrons. The minimum absolute atomic E-state index is 0.304. The fourth-order valence-electron chi connectivity index (χ4n) is 3.02. The van der Waals surface area contributed by atoms with Crippen LogP contribution in [0.1, 0.15) is 78.1 Å². The maximum Gasteiger partial charge on any atom is 0.158 e. The van der Waals surface area contributed by atoms with E-state index in [9.17, 15) is 4.79 Å². The van der Waals surface area contributed by atoms with Crippen molar-refractivity contribution in [1.82, 2.24) is 0 Å². The monoisotopic (exact) mass is 268 g/mol. The first-order valence-electron chi connectivity index (χ1n) is 8.35. The molecule has 0 saturated heterocycles. The average Bonchev–Trinajstić information content (AvgIpc) is 2.44. The summed E-state index contributed by atoms with van der Waals surface area (Å²) in [6.07, 6.45) is 12.2. The Kier molecular flexibility index (Phi) is 9.15. The second-order valence-electron chi connectivity index (χ2n) is 6.18. The Morgan fingerprint density at radius 3 is 2.58 bits per heavy atom. The van der Waals surface area contributed by atoms with Gasteiger partial charge in [0.15, 0.2) is 5.78 Å². The highest BCUT2D eigenvalue weighted by Gasteiger charge is 2.15. The summed E-state index contributed by atoms with van der Waals surface area (Å²) in [6.45, 7) is 5.55. The van der Waals surface area contributed by atoms with E-state index in [1.54, 1.807) is 0 Å². The molecule has 1 aliphatic rings. The van der Waals surface area contributed by atoms with Crippen molar-refractivity contribution in [2.45, 2.75) is 78.1 Å². The molecular weight excluding hydrogens is 236 g/mol. The standard InChI is InChI=1S/C17H32O2/c1-3-5-9-15(4-2)12-17(18)14-19-13-16-10-7-6-8-11-16/h15-16H,3-14H2,1-2H3. The molecule has 1 atom stereocenters. The Hall–Kier alpha value is -0.370. The summed E-state index contributed by atoms with van der Waals surface area (Å²) in [5, 5.41) is 0. The lowest BCUT2D eigenvalue weighted by molar-refractivity contribution is -0.125. The van der Waals surface area contributed by atoms with Gasteiger partial charge in [-0.3, -0.25) is 4.79 Å². The first-order valence-corrected chi connectivity index (χ1v) is 8.35. The van der Waals surface area contributed by atoms with Crippen LogP contribution >= 0.6 is 0 Å². The molecule has 0 amide bonds. The minimum Gasteiger partial charge on any atom is -0.373 e. The minimum atomic E-state index is 0.304. The Balaban J connectivity index is 2.08. The van der Waals surface area contributed by atoms with Gasteiger partial charge in [-0.2, -0.15) is 0 Å². The highest BCUT2D eigenvalue weighted by Crippen LogP contribution is 2.23. The second-order valence-corrected chi connectivity index (χ2v) is 6.18. The first-order chi connectivity index (χ1) is 9.26. The smallest absolute Gasteiger partial charge is 0.158 e. The topological polar surface area (TPSA) is 26.3 Å². The molecule has 0 aromatic rings. The van der Waals surface area contributed by atoms with Gasteiger partial charge in [0.05, 0.1) is 0 Å². The molecule has 0 heterocycles. The van der Waals surface area contributed by atoms with Crippen LogP contribution in [0, 0.1) is 11.8 Å². The van der Waals surface area contributed by atoms with Gasteiger partial charge in [0.1, 0.15) is 6.61 Å². The molecule has 0 aromatic heterocycles. The largest absolute Gasteiger partial charge is 0.373 e. The maximum atomic E-state index is 11.9. The molecule has 1 unspecified atom stereocenters. The quantitative estimate of drug-likeness (QED) is 0.571. The molecule has 0 radical (unpaired) electrons. The summed E-state index contributed by atoms with van der Waals surface area (Å²) >= 11 is 0. The summed E-state index contributed by atoms with van der Waals surface area (Å²) in [7, 11) is 0. The number of Topliss-reactive ketones (excluding diaryl/α,β-unsaturated/α-hetero) is 1. The van der Waals surface area contributed by atoms with Gasteiger partial charge < -0.3 is 4.74 Å². The van der Waals surface area contributed by atoms with Crippen molar-refractivity contribution in [3.05, 3.63) is 0 Å². The van der Waals surface area contributed by atoms with E-state index in [0.717, 1.165) is 19.4 Å². The van der Waals surface area contributed by atoms with Gasteiger partial charge in [0.2, 0.25) is 0 Å². The lowest BCUT2D eigenvalue weighted by atomic mass is 9.90. The molecule has 0 bridgehead atoms. The molecule has 0 aliphatic heterocycles. The lowest BCUT2D eigenvalue weighted by Crippen LogP contribution is -2.18. The normalized spacial score (nSPS) is 18.4. The predicted octanol–water partition coefficient (Wildman–Crippen LogP) is 4.76. The third-order valence-electron chi connectivity index (χ3n) is 4.40. The van der Waals surface area contributed by atoms with E-state index in [4.69, 9.17) is 4.74 Å². The number of hydrogen-bond acceptors (Lipinski definition) is 2. The Morgan fingerprint density at radius 1 is 1.21 bits per heavy atom. The second kappa shape index (κ2) is 10.4. The molecule has 0 N–H and O–H groups in total. The predicted molar refractivity (Wildman–Crippen MR) is 80.3 cm³/mol. The van der Waals surface area contributed by atoms with E-state index < -0.39 is 0 Å². The average molecular weight is 268 g/mol. The molecule has 1 fully saturated rings. The van der Waals surface area contributed by atoms with E-state index >= 15 is 0 Å². The van der Waals surface area contributed by atoms with E-state index in [0.29, 0.717) is 24.2 Å². The molecule has 1 saturated carbocycles. The van der Waals surface area contributed by atoms with Gasteiger partial charge >= 0.3 is 0 Å². The Labute approximate surface area is 119 Å². The summed E-state index contributed by atoms with van der Waals surface area (Å²) in [5.41, 5.74) is 0. The van der Waals surface area contributed by atoms with Crippen LogP contribution in [0.2, 0.25) is 0 Å². The van der Waals surface area contributed by atoms with Gasteiger partial charge in [-0.05, 0) is 24.7 Å². The maximum absolute atomic E-state index is 11.9. The number of ether oxygens (including phenoxy) is 1. The molecule has 1 aliphatic carbocycles. The van der Waals surface area contributed by atoms with Crippen LogP contribution in [0.5, 0.6) is 0 Å². The van der Waals surface area contributed by atoms with Crippen molar-refractivity contribution >= 4 is 5.78 Å². The summed E-state index contributed by atoms with van der Waals surface area (Å²) in [4.78, 5) is 11.9. The molecule has 1 rings (SSSR count). The Bertz CT molecular complexity index is 231. The zero-order chi connectivity index (χ0) is 13.9. The number of hydrogen-bond donors (Lipinski definition) is 0. The molecular formula is C17H32O2. The third-order valence-corrected chi connectivity index (χ3v) is 4.40. The van der Waals surface area contributed by atoms with Gasteiger partial charge in [-0.15, -0.1) is 0 Å². The molecule has 19 heavy (non-hydrogen) atoms. The van der Waals surface area contributed by atoms with Crippen molar-refractivity contribution in [1.29, 1.82) is 0 Å². The van der Waals surface area contributed by atoms with Gasteiger partial charge in [-0.25, -0.2) is 0 Å². The summed E-state index contributed by atoms with van der Waals surface area (Å²) < 4.78 is 5.64. The van der Waals surface area contributed by atoms with Crippen LogP contribution in [-0.4, -0.2) is 19.0 Å².